The van der Waals surface area contributed by atoms with Gasteiger partial charge in [-0.15, -0.1) is 0 Å². The van der Waals surface area contributed by atoms with Gasteiger partial charge in [0, 0.05) is 24.7 Å². The van der Waals surface area contributed by atoms with Crippen molar-refractivity contribution in [3.05, 3.63) is 65.0 Å². The van der Waals surface area contributed by atoms with Crippen molar-refractivity contribution in [3.63, 3.8) is 0 Å². The Labute approximate surface area is 172 Å². The zero-order valence-electron chi connectivity index (χ0n) is 16.8. The summed E-state index contributed by atoms with van der Waals surface area (Å²) in [5.41, 5.74) is 1.99. The van der Waals surface area contributed by atoms with Crippen LogP contribution in [-0.4, -0.2) is 37.8 Å². The van der Waals surface area contributed by atoms with Crippen molar-refractivity contribution in [2.75, 3.05) is 13.1 Å². The highest BCUT2D eigenvalue weighted by Gasteiger charge is 2.31. The van der Waals surface area contributed by atoms with Crippen LogP contribution in [0.25, 0.3) is 0 Å². The van der Waals surface area contributed by atoms with Crippen molar-refractivity contribution in [2.24, 2.45) is 0 Å². The molecule has 0 spiro atoms. The maximum Gasteiger partial charge on any atom is 0.251 e. The van der Waals surface area contributed by atoms with Crippen LogP contribution in [0, 0.1) is 12.7 Å². The van der Waals surface area contributed by atoms with Crippen LogP contribution >= 0.6 is 0 Å². The summed E-state index contributed by atoms with van der Waals surface area (Å²) in [5.74, 6) is -0.609. The summed E-state index contributed by atoms with van der Waals surface area (Å²) in [5, 5.41) is 2.83. The first-order chi connectivity index (χ1) is 13.8. The van der Waals surface area contributed by atoms with E-state index in [-0.39, 0.29) is 22.7 Å². The molecule has 1 unspecified atom stereocenters. The molecule has 0 aliphatic carbocycles. The molecule has 1 amide bonds. The lowest BCUT2D eigenvalue weighted by Crippen LogP contribution is -2.42. The lowest BCUT2D eigenvalue weighted by atomic mass is 10.1. The molecule has 1 aliphatic heterocycles. The fourth-order valence-corrected chi connectivity index (χ4v) is 5.36. The van der Waals surface area contributed by atoms with Gasteiger partial charge in [0.15, 0.2) is 0 Å². The number of rotatable bonds is 6. The Morgan fingerprint density at radius 2 is 1.90 bits per heavy atom. The zero-order chi connectivity index (χ0) is 21.0. The Hall–Kier alpha value is -2.25. The lowest BCUT2D eigenvalue weighted by molar-refractivity contribution is 0.0953. The lowest BCUT2D eigenvalue weighted by Gasteiger charge is -2.32. The topological polar surface area (TPSA) is 66.5 Å². The molecule has 2 aromatic rings. The van der Waals surface area contributed by atoms with Gasteiger partial charge < -0.3 is 5.32 Å². The number of nitrogens with one attached hydrogen (secondary N) is 1. The second-order valence-electron chi connectivity index (χ2n) is 7.57. The highest BCUT2D eigenvalue weighted by Crippen LogP contribution is 2.26. The normalized spacial score (nSPS) is 17.8. The molecule has 0 radical (unpaired) electrons. The van der Waals surface area contributed by atoms with E-state index in [1.54, 1.807) is 31.2 Å². The smallest absolute Gasteiger partial charge is 0.251 e. The van der Waals surface area contributed by atoms with E-state index in [4.69, 9.17) is 0 Å². The predicted molar refractivity (Wildman–Crippen MR) is 111 cm³/mol. The van der Waals surface area contributed by atoms with E-state index < -0.39 is 10.0 Å². The largest absolute Gasteiger partial charge is 0.352 e. The highest BCUT2D eigenvalue weighted by molar-refractivity contribution is 7.89. The van der Waals surface area contributed by atoms with Gasteiger partial charge in [-0.3, -0.25) is 4.79 Å². The van der Waals surface area contributed by atoms with Crippen molar-refractivity contribution in [1.82, 2.24) is 9.62 Å². The molecule has 1 saturated heterocycles. The van der Waals surface area contributed by atoms with Gasteiger partial charge in [0.25, 0.3) is 5.91 Å². The summed E-state index contributed by atoms with van der Waals surface area (Å²) in [6.07, 6.45) is 3.30. The van der Waals surface area contributed by atoms with E-state index in [0.717, 1.165) is 30.4 Å². The van der Waals surface area contributed by atoms with E-state index in [1.807, 2.05) is 6.92 Å². The first kappa shape index (κ1) is 21.5. The molecule has 1 heterocycles. The third kappa shape index (κ3) is 5.03. The molecule has 2 aromatic carbocycles. The van der Waals surface area contributed by atoms with Crippen LogP contribution in [0.2, 0.25) is 0 Å². The number of hydrogen-bond acceptors (Lipinski definition) is 3. The van der Waals surface area contributed by atoms with E-state index in [1.165, 1.54) is 22.5 Å². The number of benzene rings is 2. The van der Waals surface area contributed by atoms with Gasteiger partial charge in [-0.1, -0.05) is 24.6 Å². The number of sulfonamides is 1. The third-order valence-corrected chi connectivity index (χ3v) is 7.42. The van der Waals surface area contributed by atoms with E-state index in [9.17, 15) is 17.6 Å². The second-order valence-corrected chi connectivity index (χ2v) is 9.46. The van der Waals surface area contributed by atoms with Gasteiger partial charge in [-0.25, -0.2) is 12.8 Å². The Balaban J connectivity index is 1.72. The minimum atomic E-state index is -3.63. The van der Waals surface area contributed by atoms with Gasteiger partial charge in [0.05, 0.1) is 4.90 Å². The summed E-state index contributed by atoms with van der Waals surface area (Å²) in [6, 6.07) is 10.8. The van der Waals surface area contributed by atoms with Crippen LogP contribution in [0.3, 0.4) is 0 Å². The molecular formula is C22H27FN2O3S. The number of hydrogen-bond donors (Lipinski definition) is 1. The molecule has 0 bridgehead atoms. The van der Waals surface area contributed by atoms with Crippen LogP contribution in [0.4, 0.5) is 4.39 Å². The molecule has 3 rings (SSSR count). The molecule has 7 heteroatoms. The van der Waals surface area contributed by atoms with E-state index in [2.05, 4.69) is 5.32 Å². The summed E-state index contributed by atoms with van der Waals surface area (Å²) in [4.78, 5) is 12.8. The zero-order valence-corrected chi connectivity index (χ0v) is 17.6. The first-order valence-electron chi connectivity index (χ1n) is 9.94. The molecule has 5 nitrogen and oxygen atoms in total. The standard InChI is InChI=1S/C22H27FN2O3S/c1-16-6-11-20(29(27,28)25-14-4-3-5-17(25)2)15-21(16)22(26)24-13-12-18-7-9-19(23)10-8-18/h6-11,15,17H,3-5,12-14H2,1-2H3,(H,24,26). The minimum Gasteiger partial charge on any atom is -0.352 e. The Bertz CT molecular complexity index is 974. The number of aryl methyl sites for hydroxylation is 1. The number of piperidine rings is 1. The Kier molecular flexibility index (Phi) is 6.70. The molecule has 1 fully saturated rings. The highest BCUT2D eigenvalue weighted by atomic mass is 32.2. The second kappa shape index (κ2) is 9.05. The van der Waals surface area contributed by atoms with Crippen molar-refractivity contribution >= 4 is 15.9 Å². The number of nitrogens with zero attached hydrogens (tertiary/aromatic N) is 1. The van der Waals surface area contributed by atoms with Crippen molar-refractivity contribution in [3.8, 4) is 0 Å². The Morgan fingerprint density at radius 1 is 1.17 bits per heavy atom. The van der Waals surface area contributed by atoms with Crippen molar-refractivity contribution in [2.45, 2.75) is 50.5 Å². The molecule has 0 aromatic heterocycles. The monoisotopic (exact) mass is 418 g/mol. The number of amides is 1. The average Bonchev–Trinajstić information content (AvgIpc) is 2.69. The van der Waals surface area contributed by atoms with Crippen molar-refractivity contribution in [1.29, 1.82) is 0 Å². The first-order valence-corrected chi connectivity index (χ1v) is 11.4. The molecule has 1 atom stereocenters. The molecular weight excluding hydrogens is 391 g/mol. The van der Waals surface area contributed by atoms with Crippen LogP contribution in [0.15, 0.2) is 47.4 Å². The van der Waals surface area contributed by atoms with Crippen LogP contribution < -0.4 is 5.32 Å². The third-order valence-electron chi connectivity index (χ3n) is 5.41. The predicted octanol–water partition coefficient (Wildman–Crippen LogP) is 3.67. The molecule has 1 aliphatic rings. The maximum absolute atomic E-state index is 13.1. The van der Waals surface area contributed by atoms with Gasteiger partial charge >= 0.3 is 0 Å². The van der Waals surface area contributed by atoms with Crippen molar-refractivity contribution < 1.29 is 17.6 Å². The van der Waals surface area contributed by atoms with Gasteiger partial charge in [0.2, 0.25) is 10.0 Å². The van der Waals surface area contributed by atoms with Crippen LogP contribution in [-0.2, 0) is 16.4 Å². The summed E-state index contributed by atoms with van der Waals surface area (Å²) in [7, 11) is -3.63. The molecule has 29 heavy (non-hydrogen) atoms. The molecule has 0 saturated carbocycles. The van der Waals surface area contributed by atoms with Gasteiger partial charge in [0.1, 0.15) is 5.82 Å². The molecule has 1 N–H and O–H groups in total. The number of carbonyl (C=O) groups excluding carboxylic acids is 1. The fourth-order valence-electron chi connectivity index (χ4n) is 3.64. The molecule has 156 valence electrons. The maximum atomic E-state index is 13.1. The SMILES string of the molecule is Cc1ccc(S(=O)(=O)N2CCCCC2C)cc1C(=O)NCCc1ccc(F)cc1. The average molecular weight is 419 g/mol. The Morgan fingerprint density at radius 3 is 2.59 bits per heavy atom. The van der Waals surface area contributed by atoms with Gasteiger partial charge in [-0.2, -0.15) is 4.31 Å². The quantitative estimate of drug-likeness (QED) is 0.778. The number of carbonyl (C=O) groups is 1. The van der Waals surface area contributed by atoms with E-state index in [0.29, 0.717) is 25.1 Å². The fraction of sp³-hybridized carbons (Fsp3) is 0.409. The van der Waals surface area contributed by atoms with Crippen LogP contribution in [0.5, 0.6) is 0 Å². The van der Waals surface area contributed by atoms with Gasteiger partial charge in [-0.05, 0) is 68.5 Å². The minimum absolute atomic E-state index is 0.0389. The summed E-state index contributed by atoms with van der Waals surface area (Å²) < 4.78 is 40.7. The van der Waals surface area contributed by atoms with Crippen LogP contribution in [0.1, 0.15) is 47.7 Å². The summed E-state index contributed by atoms with van der Waals surface area (Å²) in [6.45, 7) is 4.60. The number of halogens is 1. The van der Waals surface area contributed by atoms with E-state index >= 15 is 0 Å². The summed E-state index contributed by atoms with van der Waals surface area (Å²) >= 11 is 0.